The van der Waals surface area contributed by atoms with Crippen LogP contribution in [0.25, 0.3) is 0 Å². The fourth-order valence-electron chi connectivity index (χ4n) is 2.55. The Morgan fingerprint density at radius 2 is 1.70 bits per heavy atom. The molecule has 1 heterocycles. The van der Waals surface area contributed by atoms with Gasteiger partial charge in [-0.1, -0.05) is 26.2 Å². The van der Waals surface area contributed by atoms with Gasteiger partial charge in [-0.05, 0) is 6.42 Å². The van der Waals surface area contributed by atoms with E-state index in [1.54, 1.807) is 0 Å². The standard InChI is InChI=1S/C15H32N4O/c1-2-3-4-5-8-17-15(20)6-9-18-11-13-19(10-7-16)14-12-18/h2-14,16H2,1H3,(H,17,20). The van der Waals surface area contributed by atoms with E-state index in [2.05, 4.69) is 22.0 Å². The maximum absolute atomic E-state index is 11.7. The molecule has 0 saturated carbocycles. The molecule has 1 fully saturated rings. The van der Waals surface area contributed by atoms with Crippen LogP contribution < -0.4 is 11.1 Å². The molecular formula is C15H32N4O. The largest absolute Gasteiger partial charge is 0.356 e. The first-order valence-corrected chi connectivity index (χ1v) is 8.17. The van der Waals surface area contributed by atoms with Crippen LogP contribution >= 0.6 is 0 Å². The summed E-state index contributed by atoms with van der Waals surface area (Å²) in [5.74, 6) is 0.200. The second kappa shape index (κ2) is 11.1. The maximum atomic E-state index is 11.7. The molecule has 0 aliphatic carbocycles. The van der Waals surface area contributed by atoms with Gasteiger partial charge in [0.25, 0.3) is 0 Å². The van der Waals surface area contributed by atoms with Crippen LogP contribution in [0.5, 0.6) is 0 Å². The van der Waals surface area contributed by atoms with Gasteiger partial charge in [0, 0.05) is 58.8 Å². The molecule has 20 heavy (non-hydrogen) atoms. The summed E-state index contributed by atoms with van der Waals surface area (Å²) in [5.41, 5.74) is 5.56. The van der Waals surface area contributed by atoms with E-state index in [9.17, 15) is 4.79 Å². The Morgan fingerprint density at radius 3 is 2.30 bits per heavy atom. The minimum atomic E-state index is 0.200. The summed E-state index contributed by atoms with van der Waals surface area (Å²) >= 11 is 0. The third-order valence-electron chi connectivity index (χ3n) is 3.92. The van der Waals surface area contributed by atoms with Gasteiger partial charge in [-0.25, -0.2) is 0 Å². The summed E-state index contributed by atoms with van der Waals surface area (Å²) in [6.07, 6.45) is 5.47. The lowest BCUT2D eigenvalue weighted by atomic mass is 10.2. The van der Waals surface area contributed by atoms with E-state index in [0.717, 1.165) is 58.8 Å². The fourth-order valence-corrected chi connectivity index (χ4v) is 2.55. The molecule has 1 aliphatic heterocycles. The molecule has 5 nitrogen and oxygen atoms in total. The quantitative estimate of drug-likeness (QED) is 0.578. The van der Waals surface area contributed by atoms with Gasteiger partial charge in [0.2, 0.25) is 5.91 Å². The summed E-state index contributed by atoms with van der Waals surface area (Å²) in [6, 6.07) is 0. The van der Waals surface area contributed by atoms with Crippen LogP contribution in [0.4, 0.5) is 0 Å². The van der Waals surface area contributed by atoms with E-state index < -0.39 is 0 Å². The predicted octanol–water partition coefficient (Wildman–Crippen LogP) is 0.649. The summed E-state index contributed by atoms with van der Waals surface area (Å²) in [5, 5.41) is 3.02. The van der Waals surface area contributed by atoms with E-state index in [4.69, 9.17) is 5.73 Å². The van der Waals surface area contributed by atoms with Crippen LogP contribution in [0.3, 0.4) is 0 Å². The third kappa shape index (κ3) is 7.82. The average molecular weight is 284 g/mol. The van der Waals surface area contributed by atoms with Crippen LogP contribution in [-0.2, 0) is 4.79 Å². The van der Waals surface area contributed by atoms with Gasteiger partial charge in [-0.3, -0.25) is 9.69 Å². The Hall–Kier alpha value is -0.650. The first-order chi connectivity index (χ1) is 9.76. The Labute approximate surface area is 123 Å². The molecule has 0 spiro atoms. The highest BCUT2D eigenvalue weighted by Crippen LogP contribution is 2.02. The zero-order valence-electron chi connectivity index (χ0n) is 13.1. The van der Waals surface area contributed by atoms with Crippen molar-refractivity contribution in [1.29, 1.82) is 0 Å². The molecule has 0 bridgehead atoms. The Morgan fingerprint density at radius 1 is 1.05 bits per heavy atom. The van der Waals surface area contributed by atoms with Gasteiger partial charge in [0.1, 0.15) is 0 Å². The third-order valence-corrected chi connectivity index (χ3v) is 3.92. The van der Waals surface area contributed by atoms with Gasteiger partial charge in [0.05, 0.1) is 0 Å². The second-order valence-electron chi connectivity index (χ2n) is 5.63. The number of rotatable bonds is 10. The smallest absolute Gasteiger partial charge is 0.221 e. The number of amides is 1. The molecule has 0 aromatic carbocycles. The van der Waals surface area contributed by atoms with E-state index in [1.165, 1.54) is 19.3 Å². The Bertz CT molecular complexity index is 252. The number of unbranched alkanes of at least 4 members (excludes halogenated alkanes) is 3. The number of nitrogens with zero attached hydrogens (tertiary/aromatic N) is 2. The number of carbonyl (C=O) groups is 1. The van der Waals surface area contributed by atoms with Gasteiger partial charge in [0.15, 0.2) is 0 Å². The van der Waals surface area contributed by atoms with Crippen LogP contribution in [0.2, 0.25) is 0 Å². The molecular weight excluding hydrogens is 252 g/mol. The van der Waals surface area contributed by atoms with Crippen molar-refractivity contribution in [3.63, 3.8) is 0 Å². The molecule has 1 saturated heterocycles. The summed E-state index contributed by atoms with van der Waals surface area (Å²) in [4.78, 5) is 16.5. The Kier molecular flexibility index (Phi) is 9.62. The molecule has 1 rings (SSSR count). The SMILES string of the molecule is CCCCCCNC(=O)CCN1CCN(CCN)CC1. The van der Waals surface area contributed by atoms with Crippen molar-refractivity contribution in [2.24, 2.45) is 5.73 Å². The first kappa shape index (κ1) is 17.4. The molecule has 3 N–H and O–H groups in total. The number of nitrogens with one attached hydrogen (secondary N) is 1. The van der Waals surface area contributed by atoms with E-state index >= 15 is 0 Å². The van der Waals surface area contributed by atoms with Crippen LogP contribution in [0.15, 0.2) is 0 Å². The summed E-state index contributed by atoms with van der Waals surface area (Å²) < 4.78 is 0. The van der Waals surface area contributed by atoms with E-state index in [1.807, 2.05) is 0 Å². The lowest BCUT2D eigenvalue weighted by Gasteiger charge is -2.34. The van der Waals surface area contributed by atoms with E-state index in [-0.39, 0.29) is 5.91 Å². The van der Waals surface area contributed by atoms with Gasteiger partial charge >= 0.3 is 0 Å². The lowest BCUT2D eigenvalue weighted by molar-refractivity contribution is -0.121. The molecule has 0 aromatic rings. The van der Waals surface area contributed by atoms with Crippen molar-refractivity contribution in [2.75, 3.05) is 52.4 Å². The predicted molar refractivity (Wildman–Crippen MR) is 83.7 cm³/mol. The number of nitrogens with two attached hydrogens (primary N) is 1. The minimum absolute atomic E-state index is 0.200. The maximum Gasteiger partial charge on any atom is 0.221 e. The highest BCUT2D eigenvalue weighted by atomic mass is 16.1. The average Bonchev–Trinajstić information content (AvgIpc) is 2.47. The normalized spacial score (nSPS) is 17.3. The minimum Gasteiger partial charge on any atom is -0.356 e. The highest BCUT2D eigenvalue weighted by molar-refractivity contribution is 5.75. The number of hydrogen-bond donors (Lipinski definition) is 2. The number of hydrogen-bond acceptors (Lipinski definition) is 4. The van der Waals surface area contributed by atoms with Gasteiger partial charge in [-0.15, -0.1) is 0 Å². The van der Waals surface area contributed by atoms with Crippen molar-refractivity contribution in [1.82, 2.24) is 15.1 Å². The fraction of sp³-hybridized carbons (Fsp3) is 0.933. The number of piperazine rings is 1. The van der Waals surface area contributed by atoms with Gasteiger partial charge < -0.3 is 16.0 Å². The molecule has 5 heteroatoms. The number of carbonyl (C=O) groups excluding carboxylic acids is 1. The molecule has 0 unspecified atom stereocenters. The van der Waals surface area contributed by atoms with Gasteiger partial charge in [-0.2, -0.15) is 0 Å². The zero-order chi connectivity index (χ0) is 14.6. The molecule has 1 aliphatic rings. The molecule has 0 aromatic heterocycles. The van der Waals surface area contributed by atoms with Crippen LogP contribution in [0.1, 0.15) is 39.0 Å². The molecule has 0 radical (unpaired) electrons. The molecule has 1 amide bonds. The zero-order valence-corrected chi connectivity index (χ0v) is 13.1. The second-order valence-corrected chi connectivity index (χ2v) is 5.63. The summed E-state index contributed by atoms with van der Waals surface area (Å²) in [7, 11) is 0. The first-order valence-electron chi connectivity index (χ1n) is 8.17. The molecule has 118 valence electrons. The van der Waals surface area contributed by atoms with Crippen molar-refractivity contribution >= 4 is 5.91 Å². The monoisotopic (exact) mass is 284 g/mol. The van der Waals surface area contributed by atoms with Crippen molar-refractivity contribution in [2.45, 2.75) is 39.0 Å². The van der Waals surface area contributed by atoms with Crippen molar-refractivity contribution < 1.29 is 4.79 Å². The van der Waals surface area contributed by atoms with E-state index in [0.29, 0.717) is 6.42 Å². The highest BCUT2D eigenvalue weighted by Gasteiger charge is 2.16. The summed E-state index contributed by atoms with van der Waals surface area (Å²) in [6.45, 7) is 9.93. The van der Waals surface area contributed by atoms with Crippen molar-refractivity contribution in [3.05, 3.63) is 0 Å². The Balaban J connectivity index is 1.99. The lowest BCUT2D eigenvalue weighted by Crippen LogP contribution is -2.48. The van der Waals surface area contributed by atoms with Crippen LogP contribution in [-0.4, -0.2) is 68.1 Å². The molecule has 0 atom stereocenters. The van der Waals surface area contributed by atoms with Crippen molar-refractivity contribution in [3.8, 4) is 0 Å². The van der Waals surface area contributed by atoms with Crippen LogP contribution in [0, 0.1) is 0 Å². The topological polar surface area (TPSA) is 61.6 Å².